The molecule has 1 aromatic heterocycles. The van der Waals surface area contributed by atoms with E-state index in [-0.39, 0.29) is 5.56 Å². The Bertz CT molecular complexity index is 370. The van der Waals surface area contributed by atoms with E-state index in [0.29, 0.717) is 0 Å². The van der Waals surface area contributed by atoms with Crippen molar-refractivity contribution in [1.82, 2.24) is 4.57 Å². The predicted molar refractivity (Wildman–Crippen MR) is 82.5 cm³/mol. The molecule has 0 radical (unpaired) electrons. The van der Waals surface area contributed by atoms with Gasteiger partial charge >= 0.3 is 0 Å². The molecule has 1 rings (SSSR count). The molecule has 1 heterocycles. The molecule has 0 aliphatic carbocycles. The van der Waals surface area contributed by atoms with Gasteiger partial charge in [0.25, 0.3) is 0 Å². The van der Waals surface area contributed by atoms with Crippen molar-refractivity contribution in [2.45, 2.75) is 77.7 Å². The molecule has 0 unspecified atom stereocenters. The lowest BCUT2D eigenvalue weighted by Crippen LogP contribution is -2.17. The van der Waals surface area contributed by atoms with Crippen molar-refractivity contribution in [3.63, 3.8) is 0 Å². The molecule has 0 bridgehead atoms. The van der Waals surface area contributed by atoms with Gasteiger partial charge in [-0.3, -0.25) is 4.79 Å². The highest BCUT2D eigenvalue weighted by Crippen LogP contribution is 2.10. The summed E-state index contributed by atoms with van der Waals surface area (Å²) in [6.07, 6.45) is 15.3. The molecule has 0 fully saturated rings. The fraction of sp³-hybridized carbons (Fsp3) is 0.706. The van der Waals surface area contributed by atoms with E-state index in [0.717, 1.165) is 13.0 Å². The van der Waals surface area contributed by atoms with Crippen molar-refractivity contribution in [1.29, 1.82) is 0 Å². The van der Waals surface area contributed by atoms with E-state index in [9.17, 15) is 4.79 Å². The summed E-state index contributed by atoms with van der Waals surface area (Å²) in [4.78, 5) is 11.5. The fourth-order valence-electron chi connectivity index (χ4n) is 2.41. The van der Waals surface area contributed by atoms with Crippen LogP contribution < -0.4 is 5.56 Å². The van der Waals surface area contributed by atoms with Crippen LogP contribution in [0.3, 0.4) is 0 Å². The Balaban J connectivity index is 1.92. The maximum absolute atomic E-state index is 11.5. The Morgan fingerprint density at radius 3 is 2.00 bits per heavy atom. The number of hydrogen-bond donors (Lipinski definition) is 0. The largest absolute Gasteiger partial charge is 0.316 e. The Kier molecular flexibility index (Phi) is 9.13. The van der Waals surface area contributed by atoms with Crippen molar-refractivity contribution in [2.75, 3.05) is 0 Å². The van der Waals surface area contributed by atoms with Crippen molar-refractivity contribution in [3.8, 4) is 0 Å². The maximum atomic E-state index is 11.5. The van der Waals surface area contributed by atoms with E-state index in [2.05, 4.69) is 6.92 Å². The third-order valence-corrected chi connectivity index (χ3v) is 3.65. The Labute approximate surface area is 117 Å². The summed E-state index contributed by atoms with van der Waals surface area (Å²) >= 11 is 0. The van der Waals surface area contributed by atoms with Crippen molar-refractivity contribution in [3.05, 3.63) is 34.7 Å². The van der Waals surface area contributed by atoms with Crippen LogP contribution in [-0.4, -0.2) is 4.57 Å². The molecule has 0 amide bonds. The van der Waals surface area contributed by atoms with Gasteiger partial charge in [-0.2, -0.15) is 0 Å². The number of aromatic nitrogens is 1. The Hall–Kier alpha value is -1.05. The van der Waals surface area contributed by atoms with Gasteiger partial charge in [0.05, 0.1) is 0 Å². The minimum atomic E-state index is 0.124. The second kappa shape index (κ2) is 10.8. The summed E-state index contributed by atoms with van der Waals surface area (Å²) in [5.74, 6) is 0. The fourth-order valence-corrected chi connectivity index (χ4v) is 2.41. The third-order valence-electron chi connectivity index (χ3n) is 3.65. The number of rotatable bonds is 11. The standard InChI is InChI=1S/C17H29NO/c1-2-3-4-5-6-7-8-9-10-12-15-18-16-13-11-14-17(18)19/h11,13-14,16H,2-10,12,15H2,1H3. The van der Waals surface area contributed by atoms with Crippen LogP contribution in [0.1, 0.15) is 71.1 Å². The van der Waals surface area contributed by atoms with Crippen LogP contribution in [0.4, 0.5) is 0 Å². The van der Waals surface area contributed by atoms with E-state index >= 15 is 0 Å². The normalized spacial score (nSPS) is 10.8. The number of pyridine rings is 1. The van der Waals surface area contributed by atoms with Crippen LogP contribution in [0, 0.1) is 0 Å². The molecule has 2 heteroatoms. The summed E-state index contributed by atoms with van der Waals surface area (Å²) in [7, 11) is 0. The zero-order valence-electron chi connectivity index (χ0n) is 12.4. The zero-order chi connectivity index (χ0) is 13.8. The van der Waals surface area contributed by atoms with Gasteiger partial charge < -0.3 is 4.57 Å². The summed E-state index contributed by atoms with van der Waals surface area (Å²) in [5, 5.41) is 0. The van der Waals surface area contributed by atoms with Gasteiger partial charge in [-0.15, -0.1) is 0 Å². The van der Waals surface area contributed by atoms with E-state index in [1.54, 1.807) is 12.1 Å². The molecule has 0 atom stereocenters. The minimum Gasteiger partial charge on any atom is -0.316 e. The van der Waals surface area contributed by atoms with Gasteiger partial charge in [0, 0.05) is 18.8 Å². The number of nitrogens with zero attached hydrogens (tertiary/aromatic N) is 1. The van der Waals surface area contributed by atoms with Crippen LogP contribution in [-0.2, 0) is 6.54 Å². The first-order valence-electron chi connectivity index (χ1n) is 8.00. The molecule has 1 aromatic rings. The average Bonchev–Trinajstić information content (AvgIpc) is 2.43. The van der Waals surface area contributed by atoms with Crippen LogP contribution in [0.25, 0.3) is 0 Å². The third kappa shape index (κ3) is 7.86. The number of unbranched alkanes of at least 4 members (excludes halogenated alkanes) is 9. The van der Waals surface area contributed by atoms with Crippen LogP contribution in [0.2, 0.25) is 0 Å². The average molecular weight is 263 g/mol. The molecular weight excluding hydrogens is 234 g/mol. The predicted octanol–water partition coefficient (Wildman–Crippen LogP) is 4.77. The molecule has 0 aliphatic heterocycles. The van der Waals surface area contributed by atoms with Gasteiger partial charge in [-0.1, -0.05) is 70.8 Å². The topological polar surface area (TPSA) is 22.0 Å². The molecule has 0 aromatic carbocycles. The second-order valence-corrected chi connectivity index (χ2v) is 5.41. The lowest BCUT2D eigenvalue weighted by Gasteiger charge is -2.05. The van der Waals surface area contributed by atoms with Crippen molar-refractivity contribution >= 4 is 0 Å². The van der Waals surface area contributed by atoms with Gasteiger partial charge in [-0.05, 0) is 12.5 Å². The Morgan fingerprint density at radius 1 is 0.842 bits per heavy atom. The molecule has 108 valence electrons. The molecule has 0 saturated carbocycles. The molecule has 2 nitrogen and oxygen atoms in total. The SMILES string of the molecule is CCCCCCCCCCCCn1ccccc1=O. The monoisotopic (exact) mass is 263 g/mol. The quantitative estimate of drug-likeness (QED) is 0.527. The van der Waals surface area contributed by atoms with Crippen LogP contribution in [0.15, 0.2) is 29.2 Å². The maximum Gasteiger partial charge on any atom is 0.250 e. The van der Waals surface area contributed by atoms with Gasteiger partial charge in [0.2, 0.25) is 5.56 Å². The van der Waals surface area contributed by atoms with Gasteiger partial charge in [0.15, 0.2) is 0 Å². The highest BCUT2D eigenvalue weighted by molar-refractivity contribution is 4.92. The van der Waals surface area contributed by atoms with Crippen LogP contribution >= 0.6 is 0 Å². The van der Waals surface area contributed by atoms with Crippen LogP contribution in [0.5, 0.6) is 0 Å². The highest BCUT2D eigenvalue weighted by Gasteiger charge is 1.95. The summed E-state index contributed by atoms with van der Waals surface area (Å²) in [5.41, 5.74) is 0.124. The molecular formula is C17H29NO. The molecule has 19 heavy (non-hydrogen) atoms. The van der Waals surface area contributed by atoms with E-state index in [1.807, 2.05) is 16.8 Å². The van der Waals surface area contributed by atoms with E-state index in [1.165, 1.54) is 57.8 Å². The zero-order valence-corrected chi connectivity index (χ0v) is 12.4. The number of hydrogen-bond acceptors (Lipinski definition) is 1. The number of aryl methyl sites for hydroxylation is 1. The summed E-state index contributed by atoms with van der Waals surface area (Å²) in [6, 6.07) is 5.37. The molecule has 0 N–H and O–H groups in total. The highest BCUT2D eigenvalue weighted by atomic mass is 16.1. The van der Waals surface area contributed by atoms with E-state index in [4.69, 9.17) is 0 Å². The second-order valence-electron chi connectivity index (χ2n) is 5.41. The first-order valence-corrected chi connectivity index (χ1v) is 8.00. The lowest BCUT2D eigenvalue weighted by atomic mass is 10.1. The molecule has 0 aliphatic rings. The first-order chi connectivity index (χ1) is 9.34. The van der Waals surface area contributed by atoms with Crippen molar-refractivity contribution in [2.24, 2.45) is 0 Å². The van der Waals surface area contributed by atoms with Gasteiger partial charge in [-0.25, -0.2) is 0 Å². The summed E-state index contributed by atoms with van der Waals surface area (Å²) < 4.78 is 1.81. The lowest BCUT2D eigenvalue weighted by molar-refractivity contribution is 0.530. The Morgan fingerprint density at radius 2 is 1.42 bits per heavy atom. The first kappa shape index (κ1) is 16.0. The molecule has 0 saturated heterocycles. The van der Waals surface area contributed by atoms with Crippen molar-refractivity contribution < 1.29 is 0 Å². The van der Waals surface area contributed by atoms with E-state index < -0.39 is 0 Å². The molecule has 0 spiro atoms. The smallest absolute Gasteiger partial charge is 0.250 e. The van der Waals surface area contributed by atoms with Gasteiger partial charge in [0.1, 0.15) is 0 Å². The minimum absolute atomic E-state index is 0.124. The summed E-state index contributed by atoms with van der Waals surface area (Å²) in [6.45, 7) is 3.13.